The van der Waals surface area contributed by atoms with Gasteiger partial charge in [-0.15, -0.1) is 11.3 Å². The predicted molar refractivity (Wildman–Crippen MR) is 112 cm³/mol. The molecule has 4 rings (SSSR count). The van der Waals surface area contributed by atoms with Gasteiger partial charge >= 0.3 is 0 Å². The molecule has 1 aliphatic heterocycles. The van der Waals surface area contributed by atoms with Gasteiger partial charge in [-0.25, -0.2) is 4.98 Å². The summed E-state index contributed by atoms with van der Waals surface area (Å²) < 4.78 is 0. The van der Waals surface area contributed by atoms with Crippen LogP contribution in [0.15, 0.2) is 66.2 Å². The Morgan fingerprint density at radius 2 is 1.79 bits per heavy atom. The van der Waals surface area contributed by atoms with Crippen molar-refractivity contribution in [3.8, 4) is 0 Å². The third kappa shape index (κ3) is 4.33. The summed E-state index contributed by atoms with van der Waals surface area (Å²) in [4.78, 5) is 42.7. The molecule has 0 spiro atoms. The Bertz CT molecular complexity index is 1020. The number of nitrogens with one attached hydrogen (secondary N) is 2. The van der Waals surface area contributed by atoms with E-state index in [9.17, 15) is 14.4 Å². The first-order valence-corrected chi connectivity index (χ1v) is 9.95. The maximum absolute atomic E-state index is 12.6. The number of hydrogen-bond donors (Lipinski definition) is 2. The zero-order chi connectivity index (χ0) is 20.2. The number of amides is 3. The normalized spacial score (nSPS) is 15.9. The number of carbonyl (C=O) groups is 3. The molecule has 1 unspecified atom stereocenters. The van der Waals surface area contributed by atoms with Crippen molar-refractivity contribution in [1.29, 1.82) is 0 Å². The van der Waals surface area contributed by atoms with E-state index in [-0.39, 0.29) is 24.1 Å². The zero-order valence-electron chi connectivity index (χ0n) is 15.4. The molecule has 1 fully saturated rings. The van der Waals surface area contributed by atoms with Crippen LogP contribution in [0.1, 0.15) is 16.8 Å². The molecule has 1 aliphatic rings. The van der Waals surface area contributed by atoms with Crippen LogP contribution in [0.2, 0.25) is 0 Å². The van der Waals surface area contributed by atoms with Gasteiger partial charge in [0.1, 0.15) is 0 Å². The van der Waals surface area contributed by atoms with E-state index in [1.807, 2.05) is 30.3 Å². The van der Waals surface area contributed by atoms with Gasteiger partial charge in [0.25, 0.3) is 5.91 Å². The lowest BCUT2D eigenvalue weighted by Crippen LogP contribution is -2.28. The second-order valence-corrected chi connectivity index (χ2v) is 7.49. The number of thiazole rings is 1. The molecule has 0 bridgehead atoms. The lowest BCUT2D eigenvalue weighted by Gasteiger charge is -2.16. The number of nitrogens with zero attached hydrogens (tertiary/aromatic N) is 2. The molecule has 1 saturated heterocycles. The van der Waals surface area contributed by atoms with E-state index in [2.05, 4.69) is 15.6 Å². The van der Waals surface area contributed by atoms with Crippen LogP contribution in [-0.4, -0.2) is 29.3 Å². The van der Waals surface area contributed by atoms with E-state index >= 15 is 0 Å². The van der Waals surface area contributed by atoms with Crippen LogP contribution >= 0.6 is 11.3 Å². The van der Waals surface area contributed by atoms with Gasteiger partial charge in [0.05, 0.1) is 5.92 Å². The van der Waals surface area contributed by atoms with Crippen molar-refractivity contribution < 1.29 is 14.4 Å². The van der Waals surface area contributed by atoms with Crippen LogP contribution in [0.3, 0.4) is 0 Å². The summed E-state index contributed by atoms with van der Waals surface area (Å²) in [5.74, 6) is -0.962. The van der Waals surface area contributed by atoms with Crippen LogP contribution in [0, 0.1) is 5.92 Å². The van der Waals surface area contributed by atoms with Gasteiger partial charge < -0.3 is 10.2 Å². The highest BCUT2D eigenvalue weighted by atomic mass is 32.1. The van der Waals surface area contributed by atoms with Gasteiger partial charge in [-0.05, 0) is 36.4 Å². The number of carbonyl (C=O) groups excluding carboxylic acids is 3. The second kappa shape index (κ2) is 8.24. The van der Waals surface area contributed by atoms with E-state index < -0.39 is 5.92 Å². The van der Waals surface area contributed by atoms with Crippen molar-refractivity contribution in [2.45, 2.75) is 6.42 Å². The minimum absolute atomic E-state index is 0.0643. The first kappa shape index (κ1) is 18.8. The lowest BCUT2D eigenvalue weighted by atomic mass is 10.1. The van der Waals surface area contributed by atoms with E-state index in [1.165, 1.54) is 11.3 Å². The largest absolute Gasteiger partial charge is 0.326 e. The Balaban J connectivity index is 1.36. The Morgan fingerprint density at radius 1 is 1.03 bits per heavy atom. The smallest absolute Gasteiger partial charge is 0.257 e. The number of hydrogen-bond acceptors (Lipinski definition) is 5. The summed E-state index contributed by atoms with van der Waals surface area (Å²) in [6.45, 7) is 0.350. The maximum atomic E-state index is 12.6. The van der Waals surface area contributed by atoms with Crippen LogP contribution in [0.5, 0.6) is 0 Å². The summed E-state index contributed by atoms with van der Waals surface area (Å²) >= 11 is 1.34. The summed E-state index contributed by atoms with van der Waals surface area (Å²) in [7, 11) is 0. The molecular formula is C21H18N4O3S. The topological polar surface area (TPSA) is 91.4 Å². The molecule has 2 heterocycles. The van der Waals surface area contributed by atoms with E-state index in [1.54, 1.807) is 40.7 Å². The monoisotopic (exact) mass is 406 g/mol. The van der Waals surface area contributed by atoms with Crippen LogP contribution in [0.4, 0.5) is 16.5 Å². The van der Waals surface area contributed by atoms with Crippen molar-refractivity contribution in [2.24, 2.45) is 5.92 Å². The first-order valence-electron chi connectivity index (χ1n) is 9.07. The molecule has 0 aliphatic carbocycles. The molecule has 0 radical (unpaired) electrons. The van der Waals surface area contributed by atoms with Gasteiger partial charge in [-0.1, -0.05) is 18.2 Å². The molecule has 1 atom stereocenters. The Labute approximate surface area is 171 Å². The highest BCUT2D eigenvalue weighted by Crippen LogP contribution is 2.26. The Morgan fingerprint density at radius 3 is 2.48 bits per heavy atom. The molecule has 146 valence electrons. The number of para-hydroxylation sites is 1. The van der Waals surface area contributed by atoms with Crippen LogP contribution < -0.4 is 15.5 Å². The van der Waals surface area contributed by atoms with E-state index in [0.29, 0.717) is 22.9 Å². The SMILES string of the molecule is O=C(Nc1nccs1)c1ccc(NC(=O)C2CC(=O)N(c3ccccc3)C2)cc1. The standard InChI is InChI=1S/C21H18N4O3S/c26-18-12-15(13-25(18)17-4-2-1-3-5-17)20(28)23-16-8-6-14(7-9-16)19(27)24-21-22-10-11-29-21/h1-11,15H,12-13H2,(H,23,28)(H,22,24,27). The fraction of sp³-hybridized carbons (Fsp3) is 0.143. The van der Waals surface area contributed by atoms with Gasteiger partial charge in [-0.3, -0.25) is 19.7 Å². The Hall–Kier alpha value is -3.52. The third-order valence-electron chi connectivity index (χ3n) is 4.63. The lowest BCUT2D eigenvalue weighted by molar-refractivity contribution is -0.122. The number of aromatic nitrogens is 1. The molecule has 0 saturated carbocycles. The molecule has 2 aromatic carbocycles. The average Bonchev–Trinajstić information content (AvgIpc) is 3.39. The van der Waals surface area contributed by atoms with Crippen molar-refractivity contribution in [1.82, 2.24) is 4.98 Å². The fourth-order valence-electron chi connectivity index (χ4n) is 3.14. The molecule has 1 aromatic heterocycles. The van der Waals surface area contributed by atoms with Crippen molar-refractivity contribution in [2.75, 3.05) is 22.1 Å². The first-order chi connectivity index (χ1) is 14.1. The minimum atomic E-state index is -0.421. The van der Waals surface area contributed by atoms with Crippen molar-refractivity contribution >= 4 is 45.6 Å². The van der Waals surface area contributed by atoms with Crippen LogP contribution in [-0.2, 0) is 9.59 Å². The summed E-state index contributed by atoms with van der Waals surface area (Å²) in [5.41, 5.74) is 1.83. The predicted octanol–water partition coefficient (Wildman–Crippen LogP) is 3.39. The highest BCUT2D eigenvalue weighted by Gasteiger charge is 2.35. The van der Waals surface area contributed by atoms with Gasteiger partial charge in [0, 0.05) is 41.5 Å². The average molecular weight is 406 g/mol. The molecule has 3 amide bonds. The molecular weight excluding hydrogens is 388 g/mol. The zero-order valence-corrected chi connectivity index (χ0v) is 16.2. The minimum Gasteiger partial charge on any atom is -0.326 e. The number of benzene rings is 2. The summed E-state index contributed by atoms with van der Waals surface area (Å²) in [5, 5.41) is 7.84. The molecule has 2 N–H and O–H groups in total. The quantitative estimate of drug-likeness (QED) is 0.679. The van der Waals surface area contributed by atoms with Gasteiger partial charge in [-0.2, -0.15) is 0 Å². The summed E-state index contributed by atoms with van der Waals surface area (Å²) in [6.07, 6.45) is 1.79. The third-order valence-corrected chi connectivity index (χ3v) is 5.32. The number of rotatable bonds is 5. The summed E-state index contributed by atoms with van der Waals surface area (Å²) in [6, 6.07) is 15.9. The molecule has 7 nitrogen and oxygen atoms in total. The second-order valence-electron chi connectivity index (χ2n) is 6.60. The van der Waals surface area contributed by atoms with Gasteiger partial charge in [0.2, 0.25) is 11.8 Å². The highest BCUT2D eigenvalue weighted by molar-refractivity contribution is 7.13. The Kier molecular flexibility index (Phi) is 5.35. The fourth-order valence-corrected chi connectivity index (χ4v) is 3.67. The molecule has 29 heavy (non-hydrogen) atoms. The van der Waals surface area contributed by atoms with Gasteiger partial charge in [0.15, 0.2) is 5.13 Å². The molecule has 3 aromatic rings. The maximum Gasteiger partial charge on any atom is 0.257 e. The number of anilines is 3. The van der Waals surface area contributed by atoms with Crippen molar-refractivity contribution in [3.63, 3.8) is 0 Å². The van der Waals surface area contributed by atoms with Crippen LogP contribution in [0.25, 0.3) is 0 Å². The van der Waals surface area contributed by atoms with E-state index in [4.69, 9.17) is 0 Å². The van der Waals surface area contributed by atoms with Crippen molar-refractivity contribution in [3.05, 3.63) is 71.7 Å². The van der Waals surface area contributed by atoms with E-state index in [0.717, 1.165) is 5.69 Å². The molecule has 8 heteroatoms.